The number of aliphatic hydroxyl groups is 1. The highest BCUT2D eigenvalue weighted by Gasteiger charge is 2.54. The smallest absolute Gasteiger partial charge is 0.327 e. The van der Waals surface area contributed by atoms with E-state index in [1.54, 1.807) is 31.2 Å². The van der Waals surface area contributed by atoms with E-state index < -0.39 is 30.2 Å². The van der Waals surface area contributed by atoms with Crippen molar-refractivity contribution in [3.63, 3.8) is 0 Å². The standard InChI is InChI=1S/C21H24N4O4/c1-12(14-5-3-2-4-6-14)24-21(29)25-17(20(27)28)16(19(25)26)11-13-7-9-15(10-8-13)18(22)23/h2-10,12,16-17,19,26H,11H2,1H3,(H3,22,23)(H,24,29)(H,27,28)/t12-,16-,17+,19?/m1/s1. The number of amidine groups is 1. The molecule has 0 radical (unpaired) electrons. The van der Waals surface area contributed by atoms with Crippen LogP contribution in [0, 0.1) is 11.3 Å². The molecule has 1 fully saturated rings. The number of aliphatic hydroxyl groups excluding tert-OH is 1. The molecule has 152 valence electrons. The van der Waals surface area contributed by atoms with Gasteiger partial charge < -0.3 is 21.3 Å². The predicted molar refractivity (Wildman–Crippen MR) is 107 cm³/mol. The zero-order chi connectivity index (χ0) is 21.1. The van der Waals surface area contributed by atoms with Crippen molar-refractivity contribution in [1.29, 1.82) is 5.41 Å². The Morgan fingerprint density at radius 2 is 1.79 bits per heavy atom. The minimum atomic E-state index is -1.20. The maximum absolute atomic E-state index is 12.6. The summed E-state index contributed by atoms with van der Waals surface area (Å²) in [6.07, 6.45) is -0.916. The zero-order valence-corrected chi connectivity index (χ0v) is 15.9. The van der Waals surface area contributed by atoms with Gasteiger partial charge in [-0.3, -0.25) is 10.3 Å². The van der Waals surface area contributed by atoms with Crippen LogP contribution in [-0.4, -0.2) is 45.2 Å². The summed E-state index contributed by atoms with van der Waals surface area (Å²) >= 11 is 0. The van der Waals surface area contributed by atoms with Gasteiger partial charge >= 0.3 is 12.0 Å². The molecule has 1 heterocycles. The van der Waals surface area contributed by atoms with Crippen LogP contribution in [0.5, 0.6) is 0 Å². The van der Waals surface area contributed by atoms with Crippen molar-refractivity contribution in [3.05, 3.63) is 71.3 Å². The van der Waals surface area contributed by atoms with E-state index in [0.29, 0.717) is 5.56 Å². The van der Waals surface area contributed by atoms with E-state index in [-0.39, 0.29) is 18.3 Å². The number of carboxylic acids is 1. The van der Waals surface area contributed by atoms with Crippen LogP contribution < -0.4 is 11.1 Å². The summed E-state index contributed by atoms with van der Waals surface area (Å²) in [5, 5.41) is 30.3. The summed E-state index contributed by atoms with van der Waals surface area (Å²) in [7, 11) is 0. The molecule has 0 aliphatic carbocycles. The number of benzene rings is 2. The summed E-state index contributed by atoms with van der Waals surface area (Å²) in [5.41, 5.74) is 7.67. The van der Waals surface area contributed by atoms with Gasteiger partial charge in [0.2, 0.25) is 0 Å². The van der Waals surface area contributed by atoms with E-state index in [1.165, 1.54) is 0 Å². The number of carbonyl (C=O) groups excluding carboxylic acids is 1. The van der Waals surface area contributed by atoms with Crippen LogP contribution in [0.2, 0.25) is 0 Å². The molecule has 4 atom stereocenters. The SMILES string of the molecule is C[C@@H](NC(=O)N1C(O)[C@H](Cc2ccc(C(=N)N)cc2)[C@H]1C(=O)O)c1ccccc1. The Morgan fingerprint density at radius 3 is 2.34 bits per heavy atom. The summed E-state index contributed by atoms with van der Waals surface area (Å²) in [6.45, 7) is 1.79. The summed E-state index contributed by atoms with van der Waals surface area (Å²) < 4.78 is 0. The van der Waals surface area contributed by atoms with Gasteiger partial charge in [0.15, 0.2) is 0 Å². The van der Waals surface area contributed by atoms with Gasteiger partial charge in [-0.25, -0.2) is 9.59 Å². The number of hydrogen-bond donors (Lipinski definition) is 5. The van der Waals surface area contributed by atoms with Crippen LogP contribution >= 0.6 is 0 Å². The second kappa shape index (κ2) is 8.32. The maximum Gasteiger partial charge on any atom is 0.327 e. The van der Waals surface area contributed by atoms with Crippen molar-refractivity contribution in [1.82, 2.24) is 10.2 Å². The van der Waals surface area contributed by atoms with Crippen LogP contribution in [-0.2, 0) is 11.2 Å². The largest absolute Gasteiger partial charge is 0.480 e. The number of nitrogens with zero attached hydrogens (tertiary/aromatic N) is 1. The Labute approximate surface area is 168 Å². The molecule has 2 aromatic rings. The second-order valence-electron chi connectivity index (χ2n) is 7.16. The van der Waals surface area contributed by atoms with Crippen molar-refractivity contribution >= 4 is 17.8 Å². The fourth-order valence-electron chi connectivity index (χ4n) is 3.58. The number of nitrogens with one attached hydrogen (secondary N) is 2. The van der Waals surface area contributed by atoms with Crippen molar-refractivity contribution in [3.8, 4) is 0 Å². The monoisotopic (exact) mass is 396 g/mol. The van der Waals surface area contributed by atoms with E-state index in [4.69, 9.17) is 11.1 Å². The highest BCUT2D eigenvalue weighted by Crippen LogP contribution is 2.34. The molecule has 0 spiro atoms. The lowest BCUT2D eigenvalue weighted by molar-refractivity contribution is -0.180. The highest BCUT2D eigenvalue weighted by atomic mass is 16.4. The summed E-state index contributed by atoms with van der Waals surface area (Å²) in [5.74, 6) is -1.85. The quantitative estimate of drug-likeness (QED) is 0.373. The van der Waals surface area contributed by atoms with Gasteiger partial charge in [-0.1, -0.05) is 54.6 Å². The number of hydrogen-bond acceptors (Lipinski definition) is 4. The van der Waals surface area contributed by atoms with Crippen molar-refractivity contribution in [2.24, 2.45) is 11.7 Å². The van der Waals surface area contributed by atoms with Gasteiger partial charge in [0.25, 0.3) is 0 Å². The number of aliphatic carboxylic acids is 1. The Hall–Kier alpha value is -3.39. The number of carboxylic acid groups (broad SMARTS) is 1. The first kappa shape index (κ1) is 20.3. The first-order valence-corrected chi connectivity index (χ1v) is 9.27. The van der Waals surface area contributed by atoms with Gasteiger partial charge in [0.05, 0.1) is 6.04 Å². The van der Waals surface area contributed by atoms with E-state index in [1.807, 2.05) is 30.3 Å². The Bertz CT molecular complexity index is 901. The Morgan fingerprint density at radius 1 is 1.17 bits per heavy atom. The Kier molecular flexibility index (Phi) is 5.84. The molecule has 6 N–H and O–H groups in total. The van der Waals surface area contributed by atoms with Gasteiger partial charge in [-0.15, -0.1) is 0 Å². The molecular formula is C21H24N4O4. The second-order valence-corrected chi connectivity index (χ2v) is 7.16. The maximum atomic E-state index is 12.6. The molecule has 8 heteroatoms. The molecule has 2 amide bonds. The van der Waals surface area contributed by atoms with Crippen molar-refractivity contribution in [2.75, 3.05) is 0 Å². The lowest BCUT2D eigenvalue weighted by Gasteiger charge is -2.50. The number of nitrogens with two attached hydrogens (primary N) is 1. The fraction of sp³-hybridized carbons (Fsp3) is 0.286. The van der Waals surface area contributed by atoms with Crippen LogP contribution in [0.1, 0.15) is 29.7 Å². The number of carbonyl (C=O) groups is 2. The van der Waals surface area contributed by atoms with Crippen LogP contribution in [0.15, 0.2) is 54.6 Å². The van der Waals surface area contributed by atoms with E-state index >= 15 is 0 Å². The highest BCUT2D eigenvalue weighted by molar-refractivity contribution is 5.94. The Balaban J connectivity index is 1.68. The van der Waals surface area contributed by atoms with E-state index in [9.17, 15) is 19.8 Å². The third-order valence-electron chi connectivity index (χ3n) is 5.24. The molecule has 3 rings (SSSR count). The average molecular weight is 396 g/mol. The molecule has 2 aromatic carbocycles. The molecular weight excluding hydrogens is 372 g/mol. The molecule has 1 aliphatic heterocycles. The number of urea groups is 1. The molecule has 8 nitrogen and oxygen atoms in total. The first-order chi connectivity index (χ1) is 13.8. The molecule has 0 aromatic heterocycles. The summed E-state index contributed by atoms with van der Waals surface area (Å²) in [4.78, 5) is 25.3. The molecule has 0 bridgehead atoms. The number of nitrogen functional groups attached to an aromatic ring is 1. The van der Waals surface area contributed by atoms with Crippen molar-refractivity contribution < 1.29 is 19.8 Å². The van der Waals surface area contributed by atoms with Crippen molar-refractivity contribution in [2.45, 2.75) is 31.7 Å². The number of amides is 2. The van der Waals surface area contributed by atoms with E-state index in [2.05, 4.69) is 5.32 Å². The third kappa shape index (κ3) is 4.22. The first-order valence-electron chi connectivity index (χ1n) is 9.27. The molecule has 1 saturated heterocycles. The zero-order valence-electron chi connectivity index (χ0n) is 15.9. The summed E-state index contributed by atoms with van der Waals surface area (Å²) in [6, 6.07) is 14.0. The predicted octanol–water partition coefficient (Wildman–Crippen LogP) is 1.69. The lowest BCUT2D eigenvalue weighted by Crippen LogP contribution is -2.71. The normalized spacial score (nSPS) is 21.7. The van der Waals surface area contributed by atoms with Gasteiger partial charge in [0.1, 0.15) is 18.1 Å². The lowest BCUT2D eigenvalue weighted by atomic mass is 9.81. The molecule has 29 heavy (non-hydrogen) atoms. The average Bonchev–Trinajstić information content (AvgIpc) is 2.70. The van der Waals surface area contributed by atoms with Crippen LogP contribution in [0.4, 0.5) is 4.79 Å². The van der Waals surface area contributed by atoms with E-state index in [0.717, 1.165) is 16.0 Å². The molecule has 0 saturated carbocycles. The molecule has 1 unspecified atom stereocenters. The van der Waals surface area contributed by atoms with Gasteiger partial charge in [-0.05, 0) is 24.5 Å². The molecule has 1 aliphatic rings. The topological polar surface area (TPSA) is 140 Å². The van der Waals surface area contributed by atoms with Crippen LogP contribution in [0.25, 0.3) is 0 Å². The number of rotatable bonds is 6. The third-order valence-corrected chi connectivity index (χ3v) is 5.24. The number of likely N-dealkylation sites (tertiary alicyclic amines) is 1. The fourth-order valence-corrected chi connectivity index (χ4v) is 3.58. The van der Waals surface area contributed by atoms with Gasteiger partial charge in [0, 0.05) is 11.5 Å². The minimum absolute atomic E-state index is 0.0565. The minimum Gasteiger partial charge on any atom is -0.480 e. The van der Waals surface area contributed by atoms with Crippen LogP contribution in [0.3, 0.4) is 0 Å². The van der Waals surface area contributed by atoms with Gasteiger partial charge in [-0.2, -0.15) is 0 Å².